The molecule has 1 aliphatic carbocycles. The van der Waals surface area contributed by atoms with E-state index in [-0.39, 0.29) is 23.5 Å². The summed E-state index contributed by atoms with van der Waals surface area (Å²) >= 11 is 0. The highest BCUT2D eigenvalue weighted by Gasteiger charge is 2.31. The zero-order valence-corrected chi connectivity index (χ0v) is 19.0. The molecule has 2 unspecified atom stereocenters. The molecule has 0 bridgehead atoms. The molecule has 0 aromatic heterocycles. The lowest BCUT2D eigenvalue weighted by Crippen LogP contribution is -2.41. The Morgan fingerprint density at radius 1 is 1.10 bits per heavy atom. The number of aliphatic hydroxyl groups excluding tert-OH is 1. The molecule has 0 saturated carbocycles. The Labute approximate surface area is 185 Å². The first-order valence-electron chi connectivity index (χ1n) is 11.8. The molecule has 0 aromatic rings. The van der Waals surface area contributed by atoms with Gasteiger partial charge in [-0.15, -0.1) is 0 Å². The number of nitroso groups, excluding NO2 is 1. The monoisotopic (exact) mass is 434 g/mol. The molecule has 2 fully saturated rings. The molecule has 2 saturated heterocycles. The second-order valence-electron chi connectivity index (χ2n) is 8.29. The number of likely N-dealkylation sites (tertiary alicyclic amines) is 2. The Balaban J connectivity index is 0.00000166. The summed E-state index contributed by atoms with van der Waals surface area (Å²) in [5.74, 6) is -0.246. The summed E-state index contributed by atoms with van der Waals surface area (Å²) < 4.78 is 0. The van der Waals surface area contributed by atoms with E-state index in [2.05, 4.69) is 15.4 Å². The van der Waals surface area contributed by atoms with Gasteiger partial charge in [0.2, 0.25) is 11.8 Å². The van der Waals surface area contributed by atoms with Crippen LogP contribution in [-0.2, 0) is 9.59 Å². The predicted molar refractivity (Wildman–Crippen MR) is 121 cm³/mol. The van der Waals surface area contributed by atoms with Crippen molar-refractivity contribution >= 4 is 11.8 Å². The molecular formula is C23H38N4O4. The fourth-order valence-electron chi connectivity index (χ4n) is 4.28. The standard InChI is InChI=1S/C21H32N4O4.C2H6/c26-19-13-17(7-6-8-18(19)23-29)22-21(28)16-9-12-24(14-16)15-20(27)25-10-4-2-1-3-5-11-25;1-2/h7,13,16,18,26H,1-6,8-12,14-15H2,(H,22,28);1-2H3. The van der Waals surface area contributed by atoms with Crippen LogP contribution in [-0.4, -0.2) is 65.5 Å². The minimum absolute atomic E-state index is 0.112. The first kappa shape index (κ1) is 25.0. The summed E-state index contributed by atoms with van der Waals surface area (Å²) in [6.45, 7) is 7.36. The molecule has 3 rings (SSSR count). The van der Waals surface area contributed by atoms with Gasteiger partial charge in [-0.3, -0.25) is 14.5 Å². The summed E-state index contributed by atoms with van der Waals surface area (Å²) in [7, 11) is 0. The van der Waals surface area contributed by atoms with Crippen LogP contribution in [0.5, 0.6) is 0 Å². The number of rotatable bonds is 5. The van der Waals surface area contributed by atoms with E-state index >= 15 is 0 Å². The van der Waals surface area contributed by atoms with Gasteiger partial charge in [0.15, 0.2) is 0 Å². The Hall–Kier alpha value is -2.22. The minimum atomic E-state index is -0.753. The molecule has 8 heteroatoms. The van der Waals surface area contributed by atoms with Crippen LogP contribution in [0.15, 0.2) is 28.8 Å². The highest BCUT2D eigenvalue weighted by Crippen LogP contribution is 2.20. The lowest BCUT2D eigenvalue weighted by Gasteiger charge is -2.27. The Bertz CT molecular complexity index is 668. The lowest BCUT2D eigenvalue weighted by atomic mass is 10.1. The van der Waals surface area contributed by atoms with Crippen molar-refractivity contribution in [3.05, 3.63) is 28.5 Å². The summed E-state index contributed by atoms with van der Waals surface area (Å²) in [4.78, 5) is 40.1. The number of hydrogen-bond acceptors (Lipinski definition) is 6. The maximum absolute atomic E-state index is 12.7. The summed E-state index contributed by atoms with van der Waals surface area (Å²) in [5, 5.41) is 15.7. The lowest BCUT2D eigenvalue weighted by molar-refractivity contribution is -0.133. The molecule has 8 nitrogen and oxygen atoms in total. The van der Waals surface area contributed by atoms with Crippen LogP contribution in [0.25, 0.3) is 0 Å². The molecule has 31 heavy (non-hydrogen) atoms. The third kappa shape index (κ3) is 7.76. The summed E-state index contributed by atoms with van der Waals surface area (Å²) in [5.41, 5.74) is 0.508. The van der Waals surface area contributed by atoms with E-state index in [1.165, 1.54) is 25.3 Å². The first-order valence-corrected chi connectivity index (χ1v) is 11.8. The summed E-state index contributed by atoms with van der Waals surface area (Å²) in [6, 6.07) is -0.753. The van der Waals surface area contributed by atoms with Gasteiger partial charge in [0, 0.05) is 31.4 Å². The van der Waals surface area contributed by atoms with Crippen molar-refractivity contribution in [1.29, 1.82) is 0 Å². The van der Waals surface area contributed by atoms with Gasteiger partial charge in [-0.05, 0) is 38.6 Å². The van der Waals surface area contributed by atoms with Crippen molar-refractivity contribution in [2.24, 2.45) is 11.1 Å². The van der Waals surface area contributed by atoms with Crippen molar-refractivity contribution in [2.45, 2.75) is 71.3 Å². The normalized spacial score (nSPS) is 25.0. The fourth-order valence-corrected chi connectivity index (χ4v) is 4.28. The van der Waals surface area contributed by atoms with Crippen LogP contribution >= 0.6 is 0 Å². The second kappa shape index (κ2) is 13.2. The van der Waals surface area contributed by atoms with Gasteiger partial charge in [0.25, 0.3) is 0 Å². The SMILES string of the molecule is CC.O=NC1CCC=C(NC(=O)C2CCN(CC(=O)N3CCCCCCC3)C2)C=C1O. The highest BCUT2D eigenvalue weighted by atomic mass is 16.3. The predicted octanol–water partition coefficient (Wildman–Crippen LogP) is 3.50. The number of nitrogens with zero attached hydrogens (tertiary/aromatic N) is 3. The van der Waals surface area contributed by atoms with Gasteiger partial charge in [0.1, 0.15) is 11.8 Å². The van der Waals surface area contributed by atoms with Crippen LogP contribution in [0.1, 0.15) is 65.2 Å². The van der Waals surface area contributed by atoms with E-state index in [1.807, 2.05) is 18.7 Å². The summed E-state index contributed by atoms with van der Waals surface area (Å²) in [6.07, 6.45) is 10.7. The smallest absolute Gasteiger partial charge is 0.236 e. The van der Waals surface area contributed by atoms with E-state index in [0.29, 0.717) is 38.0 Å². The molecule has 2 aliphatic heterocycles. The van der Waals surface area contributed by atoms with Gasteiger partial charge in [-0.25, -0.2) is 0 Å². The topological polar surface area (TPSA) is 102 Å². The van der Waals surface area contributed by atoms with Crippen LogP contribution in [0.4, 0.5) is 0 Å². The molecule has 2 amide bonds. The zero-order chi connectivity index (χ0) is 22.6. The molecule has 2 atom stereocenters. The largest absolute Gasteiger partial charge is 0.510 e. The third-order valence-electron chi connectivity index (χ3n) is 6.05. The zero-order valence-electron chi connectivity index (χ0n) is 19.0. The average Bonchev–Trinajstić information content (AvgIpc) is 3.13. The Morgan fingerprint density at radius 2 is 1.77 bits per heavy atom. The van der Waals surface area contributed by atoms with Crippen molar-refractivity contribution in [1.82, 2.24) is 15.1 Å². The molecule has 2 N–H and O–H groups in total. The van der Waals surface area contributed by atoms with E-state index in [0.717, 1.165) is 32.5 Å². The molecule has 174 valence electrons. The minimum Gasteiger partial charge on any atom is -0.510 e. The number of carbonyl (C=O) groups is 2. The molecule has 0 radical (unpaired) electrons. The van der Waals surface area contributed by atoms with Gasteiger partial charge >= 0.3 is 0 Å². The van der Waals surface area contributed by atoms with E-state index in [9.17, 15) is 19.6 Å². The van der Waals surface area contributed by atoms with E-state index in [4.69, 9.17) is 0 Å². The van der Waals surface area contributed by atoms with Crippen molar-refractivity contribution in [3.63, 3.8) is 0 Å². The van der Waals surface area contributed by atoms with Crippen LogP contribution in [0.2, 0.25) is 0 Å². The van der Waals surface area contributed by atoms with Gasteiger partial charge in [-0.2, -0.15) is 4.91 Å². The van der Waals surface area contributed by atoms with Crippen molar-refractivity contribution in [2.75, 3.05) is 32.7 Å². The van der Waals surface area contributed by atoms with Crippen molar-refractivity contribution < 1.29 is 14.7 Å². The maximum atomic E-state index is 12.7. The third-order valence-corrected chi connectivity index (χ3v) is 6.05. The van der Waals surface area contributed by atoms with Crippen LogP contribution in [0.3, 0.4) is 0 Å². The fraction of sp³-hybridized carbons (Fsp3) is 0.739. The number of allylic oxidation sites excluding steroid dienone is 2. The molecule has 3 aliphatic rings. The van der Waals surface area contributed by atoms with E-state index < -0.39 is 6.04 Å². The van der Waals surface area contributed by atoms with Gasteiger partial charge in [-0.1, -0.05) is 44.4 Å². The molecule has 0 spiro atoms. The van der Waals surface area contributed by atoms with E-state index in [1.54, 1.807) is 6.08 Å². The molecule has 2 heterocycles. The molecular weight excluding hydrogens is 396 g/mol. The van der Waals surface area contributed by atoms with Crippen molar-refractivity contribution in [3.8, 4) is 0 Å². The number of nitrogens with one attached hydrogen (secondary N) is 1. The maximum Gasteiger partial charge on any atom is 0.236 e. The number of carbonyl (C=O) groups excluding carboxylic acids is 2. The number of hydrogen-bond donors (Lipinski definition) is 2. The van der Waals surface area contributed by atoms with Gasteiger partial charge in [0.05, 0.1) is 12.5 Å². The van der Waals surface area contributed by atoms with Crippen LogP contribution < -0.4 is 5.32 Å². The Morgan fingerprint density at radius 3 is 2.45 bits per heavy atom. The average molecular weight is 435 g/mol. The molecule has 0 aromatic carbocycles. The number of aliphatic hydroxyl groups is 1. The first-order chi connectivity index (χ1) is 15.1. The van der Waals surface area contributed by atoms with Crippen LogP contribution in [0, 0.1) is 10.8 Å². The quantitative estimate of drug-likeness (QED) is 0.645. The van der Waals surface area contributed by atoms with Gasteiger partial charge < -0.3 is 15.3 Å². The Kier molecular flexibility index (Phi) is 10.7. The number of amides is 2. The second-order valence-corrected chi connectivity index (χ2v) is 8.29. The highest BCUT2D eigenvalue weighted by molar-refractivity contribution is 5.82.